The first kappa shape index (κ1) is 16.6. The van der Waals surface area contributed by atoms with Crippen LogP contribution in [0.25, 0.3) is 0 Å². The highest BCUT2D eigenvalue weighted by Gasteiger charge is 2.27. The predicted molar refractivity (Wildman–Crippen MR) is 88.0 cm³/mol. The number of aromatic nitrogens is 2. The molecule has 1 aromatic heterocycles. The van der Waals surface area contributed by atoms with Crippen LogP contribution in [0, 0.1) is 12.8 Å². The molecular weight excluding hydrogens is 306 g/mol. The van der Waals surface area contributed by atoms with Gasteiger partial charge in [-0.2, -0.15) is 4.98 Å². The Labute approximate surface area is 141 Å². The average Bonchev–Trinajstić information content (AvgIpc) is 3.25. The molecule has 1 N–H and O–H groups in total. The fourth-order valence-corrected chi connectivity index (χ4v) is 3.27. The highest BCUT2D eigenvalue weighted by molar-refractivity contribution is 5.77. The zero-order valence-corrected chi connectivity index (χ0v) is 13.9. The second kappa shape index (κ2) is 8.06. The van der Waals surface area contributed by atoms with Crippen molar-refractivity contribution in [1.82, 2.24) is 15.5 Å². The summed E-state index contributed by atoms with van der Waals surface area (Å²) in [6.07, 6.45) is 4.78. The summed E-state index contributed by atoms with van der Waals surface area (Å²) in [7, 11) is 0. The summed E-state index contributed by atoms with van der Waals surface area (Å²) in [6, 6.07) is 10.2. The number of hydrogen-bond acceptors (Lipinski definition) is 5. The molecular formula is C18H23N3O3. The topological polar surface area (TPSA) is 77.2 Å². The zero-order chi connectivity index (χ0) is 16.8. The molecule has 1 aliphatic rings. The van der Waals surface area contributed by atoms with Crippen molar-refractivity contribution in [3.8, 4) is 0 Å². The quantitative estimate of drug-likeness (QED) is 0.845. The van der Waals surface area contributed by atoms with E-state index in [1.807, 2.05) is 18.2 Å². The van der Waals surface area contributed by atoms with E-state index in [-0.39, 0.29) is 25.2 Å². The number of amides is 1. The van der Waals surface area contributed by atoms with Gasteiger partial charge < -0.3 is 14.6 Å². The number of hydrogen-bond donors (Lipinski definition) is 1. The van der Waals surface area contributed by atoms with Crippen LogP contribution in [-0.4, -0.2) is 22.7 Å². The summed E-state index contributed by atoms with van der Waals surface area (Å²) in [6.45, 7) is 1.87. The largest absolute Gasteiger partial charge is 0.362 e. The molecule has 1 heterocycles. The Kier molecular flexibility index (Phi) is 5.59. The first-order valence-corrected chi connectivity index (χ1v) is 8.43. The van der Waals surface area contributed by atoms with Gasteiger partial charge in [-0.25, -0.2) is 0 Å². The molecule has 1 saturated carbocycles. The van der Waals surface area contributed by atoms with Crippen molar-refractivity contribution in [3.63, 3.8) is 0 Å². The molecule has 6 nitrogen and oxygen atoms in total. The van der Waals surface area contributed by atoms with Crippen molar-refractivity contribution >= 4 is 5.91 Å². The van der Waals surface area contributed by atoms with Crippen molar-refractivity contribution in [3.05, 3.63) is 47.6 Å². The van der Waals surface area contributed by atoms with Crippen molar-refractivity contribution < 1.29 is 14.1 Å². The van der Waals surface area contributed by atoms with Gasteiger partial charge in [-0.3, -0.25) is 4.79 Å². The maximum Gasteiger partial charge on any atom is 0.252 e. The van der Waals surface area contributed by atoms with Gasteiger partial charge in [0.05, 0.1) is 6.04 Å². The number of nitrogens with zero attached hydrogens (tertiary/aromatic N) is 2. The van der Waals surface area contributed by atoms with Crippen molar-refractivity contribution in [1.29, 1.82) is 0 Å². The van der Waals surface area contributed by atoms with E-state index >= 15 is 0 Å². The first-order valence-electron chi connectivity index (χ1n) is 8.43. The molecule has 1 unspecified atom stereocenters. The molecule has 1 fully saturated rings. The van der Waals surface area contributed by atoms with Gasteiger partial charge in [-0.15, -0.1) is 0 Å². The Morgan fingerprint density at radius 3 is 2.75 bits per heavy atom. The fourth-order valence-electron chi connectivity index (χ4n) is 3.27. The van der Waals surface area contributed by atoms with E-state index in [0.717, 1.165) is 18.4 Å². The summed E-state index contributed by atoms with van der Waals surface area (Å²) in [5.41, 5.74) is 1.16. The summed E-state index contributed by atoms with van der Waals surface area (Å²) in [4.78, 5) is 16.3. The normalized spacial score (nSPS) is 16.2. The van der Waals surface area contributed by atoms with Crippen molar-refractivity contribution in [2.45, 2.75) is 45.3 Å². The van der Waals surface area contributed by atoms with E-state index in [1.165, 1.54) is 12.8 Å². The Morgan fingerprint density at radius 2 is 2.08 bits per heavy atom. The molecule has 0 radical (unpaired) electrons. The number of benzene rings is 1. The van der Waals surface area contributed by atoms with Crippen LogP contribution >= 0.6 is 0 Å². The molecule has 2 aromatic rings. The van der Waals surface area contributed by atoms with Gasteiger partial charge in [0, 0.05) is 0 Å². The van der Waals surface area contributed by atoms with Gasteiger partial charge in [0.2, 0.25) is 5.91 Å². The third kappa shape index (κ3) is 4.41. The third-order valence-corrected chi connectivity index (χ3v) is 4.37. The molecule has 0 saturated heterocycles. The molecule has 0 bridgehead atoms. The minimum atomic E-state index is -0.119. The van der Waals surface area contributed by atoms with E-state index < -0.39 is 0 Å². The maximum absolute atomic E-state index is 12.3. The molecule has 0 spiro atoms. The maximum atomic E-state index is 12.3. The number of aryl methyl sites for hydroxylation is 1. The lowest BCUT2D eigenvalue weighted by molar-refractivity contribution is -0.127. The van der Waals surface area contributed by atoms with Crippen LogP contribution < -0.4 is 5.32 Å². The average molecular weight is 329 g/mol. The monoisotopic (exact) mass is 329 g/mol. The SMILES string of the molecule is Cc1noc(COCC(=O)NC(c2ccccc2)C2CCCC2)n1. The Morgan fingerprint density at radius 1 is 1.33 bits per heavy atom. The van der Waals surface area contributed by atoms with E-state index in [4.69, 9.17) is 9.26 Å². The molecule has 0 aliphatic heterocycles. The van der Waals surface area contributed by atoms with Crippen molar-refractivity contribution in [2.75, 3.05) is 6.61 Å². The molecule has 1 atom stereocenters. The molecule has 1 aromatic carbocycles. The van der Waals surface area contributed by atoms with Crippen molar-refractivity contribution in [2.24, 2.45) is 5.92 Å². The lowest BCUT2D eigenvalue weighted by atomic mass is 9.91. The summed E-state index contributed by atoms with van der Waals surface area (Å²) >= 11 is 0. The second-order valence-corrected chi connectivity index (χ2v) is 6.23. The van der Waals surface area contributed by atoms with Crippen LogP contribution in [0.1, 0.15) is 49.0 Å². The van der Waals surface area contributed by atoms with Gasteiger partial charge in [0.15, 0.2) is 5.82 Å². The third-order valence-electron chi connectivity index (χ3n) is 4.37. The number of carbonyl (C=O) groups excluding carboxylic acids is 1. The summed E-state index contributed by atoms with van der Waals surface area (Å²) in [5.74, 6) is 1.32. The molecule has 128 valence electrons. The van der Waals surface area contributed by atoms with E-state index in [1.54, 1.807) is 6.92 Å². The molecule has 1 aliphatic carbocycles. The minimum absolute atomic E-state index is 0.0164. The zero-order valence-electron chi connectivity index (χ0n) is 13.9. The number of ether oxygens (including phenoxy) is 1. The van der Waals surface area contributed by atoms with E-state index in [9.17, 15) is 4.79 Å². The van der Waals surface area contributed by atoms with Gasteiger partial charge in [-0.1, -0.05) is 48.3 Å². The molecule has 24 heavy (non-hydrogen) atoms. The molecule has 6 heteroatoms. The number of rotatable bonds is 7. The summed E-state index contributed by atoms with van der Waals surface area (Å²) < 4.78 is 10.3. The first-order chi connectivity index (χ1) is 11.7. The van der Waals surface area contributed by atoms with Crippen LogP contribution in [0.15, 0.2) is 34.9 Å². The number of nitrogens with one attached hydrogen (secondary N) is 1. The smallest absolute Gasteiger partial charge is 0.252 e. The summed E-state index contributed by atoms with van der Waals surface area (Å²) in [5, 5.41) is 6.82. The Hall–Kier alpha value is -2.21. The van der Waals surface area contributed by atoms with Gasteiger partial charge in [0.25, 0.3) is 5.89 Å². The van der Waals surface area contributed by atoms with Gasteiger partial charge in [-0.05, 0) is 31.2 Å². The lowest BCUT2D eigenvalue weighted by Gasteiger charge is -2.25. The van der Waals surface area contributed by atoms with Crippen LogP contribution in [-0.2, 0) is 16.1 Å². The van der Waals surface area contributed by atoms with E-state index in [0.29, 0.717) is 17.6 Å². The van der Waals surface area contributed by atoms with Crippen LogP contribution in [0.2, 0.25) is 0 Å². The molecule has 3 rings (SSSR count). The minimum Gasteiger partial charge on any atom is -0.362 e. The van der Waals surface area contributed by atoms with Crippen LogP contribution in [0.5, 0.6) is 0 Å². The fraction of sp³-hybridized carbons (Fsp3) is 0.500. The lowest BCUT2D eigenvalue weighted by Crippen LogP contribution is -2.35. The van der Waals surface area contributed by atoms with E-state index in [2.05, 4.69) is 27.6 Å². The Bertz CT molecular complexity index is 651. The Balaban J connectivity index is 1.54. The molecule has 1 amide bonds. The second-order valence-electron chi connectivity index (χ2n) is 6.23. The highest BCUT2D eigenvalue weighted by Crippen LogP contribution is 2.35. The van der Waals surface area contributed by atoms with Gasteiger partial charge >= 0.3 is 0 Å². The number of carbonyl (C=O) groups is 1. The van der Waals surface area contributed by atoms with Gasteiger partial charge in [0.1, 0.15) is 13.2 Å². The highest BCUT2D eigenvalue weighted by atomic mass is 16.5. The predicted octanol–water partition coefficient (Wildman–Crippen LogP) is 2.94. The van der Waals surface area contributed by atoms with Crippen LogP contribution in [0.3, 0.4) is 0 Å². The standard InChI is InChI=1S/C18H23N3O3/c1-13-19-17(24-21-13)12-23-11-16(22)20-18(15-9-5-6-10-15)14-7-3-2-4-8-14/h2-4,7-8,15,18H,5-6,9-12H2,1H3,(H,20,22). The van der Waals surface area contributed by atoms with Crippen LogP contribution in [0.4, 0.5) is 0 Å².